The molecule has 1 aromatic carbocycles. The molecule has 0 radical (unpaired) electrons. The topological polar surface area (TPSA) is 50.5 Å². The summed E-state index contributed by atoms with van der Waals surface area (Å²) in [6, 6.07) is 7.21. The van der Waals surface area contributed by atoms with Crippen LogP contribution in [0.25, 0.3) is 0 Å². The van der Waals surface area contributed by atoms with Crippen molar-refractivity contribution < 1.29 is 14.2 Å². The lowest BCUT2D eigenvalue weighted by Crippen LogP contribution is -2.29. The zero-order valence-corrected chi connectivity index (χ0v) is 15.1. The van der Waals surface area contributed by atoms with E-state index in [0.717, 1.165) is 62.2 Å². The van der Waals surface area contributed by atoms with Crippen molar-refractivity contribution in [3.05, 3.63) is 41.8 Å². The molecule has 140 valence electrons. The second kappa shape index (κ2) is 7.27. The lowest BCUT2D eigenvalue weighted by Gasteiger charge is -2.32. The second-order valence-electron chi connectivity index (χ2n) is 7.33. The van der Waals surface area contributed by atoms with Crippen molar-refractivity contribution in [3.8, 4) is 5.75 Å². The Morgan fingerprint density at radius 1 is 1.15 bits per heavy atom. The van der Waals surface area contributed by atoms with E-state index in [1.165, 1.54) is 6.07 Å². The van der Waals surface area contributed by atoms with Crippen LogP contribution in [0.15, 0.2) is 30.5 Å². The summed E-state index contributed by atoms with van der Waals surface area (Å²) < 4.78 is 21.5. The number of benzene rings is 1. The summed E-state index contributed by atoms with van der Waals surface area (Å²) in [5, 5.41) is 14.4. The molecule has 0 unspecified atom stereocenters. The SMILES string of the molecule is COc1ccc(F)cc1[C@H]1CCCN1c1ccnn1[C@H]1CC[C@H](O)CC1. The average Bonchev–Trinajstić information content (AvgIpc) is 3.31. The first-order valence-electron chi connectivity index (χ1n) is 9.49. The van der Waals surface area contributed by atoms with E-state index in [-0.39, 0.29) is 18.0 Å². The van der Waals surface area contributed by atoms with Gasteiger partial charge in [-0.1, -0.05) is 0 Å². The highest BCUT2D eigenvalue weighted by molar-refractivity contribution is 5.48. The average molecular weight is 359 g/mol. The molecule has 0 bridgehead atoms. The Hall–Kier alpha value is -2.08. The number of aromatic nitrogens is 2. The standard InChI is InChI=1S/C20H26FN3O2/c1-26-19-9-4-14(21)13-17(19)18-3-2-12-23(18)20-10-11-22-24(20)15-5-7-16(25)8-6-15/h4,9-11,13,15-16,18,25H,2-3,5-8,12H2,1H3/t15-,16-,18-/m1/s1. The van der Waals surface area contributed by atoms with Gasteiger partial charge in [0, 0.05) is 18.2 Å². The summed E-state index contributed by atoms with van der Waals surface area (Å²) in [5.41, 5.74) is 0.900. The molecular formula is C20H26FN3O2. The van der Waals surface area contributed by atoms with Gasteiger partial charge in [0.1, 0.15) is 17.4 Å². The van der Waals surface area contributed by atoms with Gasteiger partial charge in [-0.05, 0) is 56.7 Å². The molecule has 1 saturated heterocycles. The number of nitrogens with zero attached hydrogens (tertiary/aromatic N) is 3. The van der Waals surface area contributed by atoms with Gasteiger partial charge in [-0.2, -0.15) is 5.10 Å². The second-order valence-corrected chi connectivity index (χ2v) is 7.33. The zero-order chi connectivity index (χ0) is 18.1. The van der Waals surface area contributed by atoms with Crippen molar-refractivity contribution >= 4 is 5.82 Å². The molecule has 2 aromatic rings. The fourth-order valence-electron chi connectivity index (χ4n) is 4.45. The van der Waals surface area contributed by atoms with Gasteiger partial charge in [0.15, 0.2) is 0 Å². The highest BCUT2D eigenvalue weighted by atomic mass is 19.1. The van der Waals surface area contributed by atoms with Crippen molar-refractivity contribution in [2.24, 2.45) is 0 Å². The van der Waals surface area contributed by atoms with E-state index in [0.29, 0.717) is 6.04 Å². The van der Waals surface area contributed by atoms with Crippen LogP contribution in [0.1, 0.15) is 56.2 Å². The minimum atomic E-state index is -0.234. The number of rotatable bonds is 4. The van der Waals surface area contributed by atoms with Crippen molar-refractivity contribution in [1.82, 2.24) is 9.78 Å². The van der Waals surface area contributed by atoms with Crippen molar-refractivity contribution in [1.29, 1.82) is 0 Å². The lowest BCUT2D eigenvalue weighted by molar-refractivity contribution is 0.108. The normalized spacial score (nSPS) is 26.3. The van der Waals surface area contributed by atoms with Crippen LogP contribution in [-0.4, -0.2) is 34.6 Å². The van der Waals surface area contributed by atoms with Gasteiger partial charge < -0.3 is 14.7 Å². The van der Waals surface area contributed by atoms with Crippen molar-refractivity contribution in [2.75, 3.05) is 18.6 Å². The van der Waals surface area contributed by atoms with Crippen LogP contribution in [0, 0.1) is 5.82 Å². The van der Waals surface area contributed by atoms with E-state index in [9.17, 15) is 9.50 Å². The van der Waals surface area contributed by atoms with Gasteiger partial charge in [-0.3, -0.25) is 0 Å². The molecule has 1 aliphatic carbocycles. The number of aliphatic hydroxyl groups excluding tert-OH is 1. The molecule has 1 N–H and O–H groups in total. The molecule has 26 heavy (non-hydrogen) atoms. The van der Waals surface area contributed by atoms with E-state index < -0.39 is 0 Å². The smallest absolute Gasteiger partial charge is 0.127 e. The molecule has 2 fully saturated rings. The molecular weight excluding hydrogens is 333 g/mol. The van der Waals surface area contributed by atoms with E-state index in [2.05, 4.69) is 20.7 Å². The maximum Gasteiger partial charge on any atom is 0.127 e. The minimum Gasteiger partial charge on any atom is -0.496 e. The molecule has 4 rings (SSSR count). The number of anilines is 1. The van der Waals surface area contributed by atoms with E-state index >= 15 is 0 Å². The first kappa shape index (κ1) is 17.3. The number of aliphatic hydroxyl groups is 1. The summed E-state index contributed by atoms with van der Waals surface area (Å²) in [6.45, 7) is 0.922. The van der Waals surface area contributed by atoms with Gasteiger partial charge in [-0.15, -0.1) is 0 Å². The first-order valence-corrected chi connectivity index (χ1v) is 9.49. The third-order valence-corrected chi connectivity index (χ3v) is 5.76. The molecule has 1 aliphatic heterocycles. The van der Waals surface area contributed by atoms with Crippen LogP contribution in [0.4, 0.5) is 10.2 Å². The van der Waals surface area contributed by atoms with Gasteiger partial charge in [-0.25, -0.2) is 9.07 Å². The largest absolute Gasteiger partial charge is 0.496 e. The number of halogens is 1. The molecule has 1 aromatic heterocycles. The van der Waals surface area contributed by atoms with Crippen LogP contribution in [-0.2, 0) is 0 Å². The van der Waals surface area contributed by atoms with Gasteiger partial charge >= 0.3 is 0 Å². The number of methoxy groups -OCH3 is 1. The highest BCUT2D eigenvalue weighted by Crippen LogP contribution is 2.41. The van der Waals surface area contributed by atoms with Crippen LogP contribution < -0.4 is 9.64 Å². The van der Waals surface area contributed by atoms with Crippen LogP contribution >= 0.6 is 0 Å². The molecule has 2 heterocycles. The Morgan fingerprint density at radius 3 is 2.73 bits per heavy atom. The summed E-state index contributed by atoms with van der Waals surface area (Å²) in [6.07, 6.45) is 7.22. The Labute approximate surface area is 153 Å². The Morgan fingerprint density at radius 2 is 1.96 bits per heavy atom. The van der Waals surface area contributed by atoms with E-state index in [4.69, 9.17) is 4.74 Å². The van der Waals surface area contributed by atoms with Crippen LogP contribution in [0.3, 0.4) is 0 Å². The zero-order valence-electron chi connectivity index (χ0n) is 15.1. The Balaban J connectivity index is 1.64. The summed E-state index contributed by atoms with van der Waals surface area (Å²) in [4.78, 5) is 2.33. The number of hydrogen-bond donors (Lipinski definition) is 1. The maximum absolute atomic E-state index is 13.9. The third-order valence-electron chi connectivity index (χ3n) is 5.76. The van der Waals surface area contributed by atoms with E-state index in [1.807, 2.05) is 6.20 Å². The summed E-state index contributed by atoms with van der Waals surface area (Å²) in [5.74, 6) is 1.58. The predicted octanol–water partition coefficient (Wildman–Crippen LogP) is 3.85. The van der Waals surface area contributed by atoms with Crippen LogP contribution in [0.5, 0.6) is 5.75 Å². The molecule has 1 saturated carbocycles. The fraction of sp³-hybridized carbons (Fsp3) is 0.550. The Bertz CT molecular complexity index is 755. The molecule has 5 nitrogen and oxygen atoms in total. The molecule has 6 heteroatoms. The first-order chi connectivity index (χ1) is 12.7. The molecule has 0 spiro atoms. The molecule has 1 atom stereocenters. The third kappa shape index (κ3) is 3.18. The van der Waals surface area contributed by atoms with Gasteiger partial charge in [0.25, 0.3) is 0 Å². The van der Waals surface area contributed by atoms with Gasteiger partial charge in [0.05, 0.1) is 31.5 Å². The lowest BCUT2D eigenvalue weighted by atomic mass is 9.93. The van der Waals surface area contributed by atoms with E-state index in [1.54, 1.807) is 19.2 Å². The highest BCUT2D eigenvalue weighted by Gasteiger charge is 2.32. The maximum atomic E-state index is 13.9. The quantitative estimate of drug-likeness (QED) is 0.901. The number of ether oxygens (including phenoxy) is 1. The van der Waals surface area contributed by atoms with Crippen LogP contribution in [0.2, 0.25) is 0 Å². The van der Waals surface area contributed by atoms with Gasteiger partial charge in [0.2, 0.25) is 0 Å². The summed E-state index contributed by atoms with van der Waals surface area (Å²) >= 11 is 0. The molecule has 2 aliphatic rings. The number of hydrogen-bond acceptors (Lipinski definition) is 4. The Kier molecular flexibility index (Phi) is 4.85. The van der Waals surface area contributed by atoms with Crippen molar-refractivity contribution in [3.63, 3.8) is 0 Å². The minimum absolute atomic E-state index is 0.0882. The monoisotopic (exact) mass is 359 g/mol. The predicted molar refractivity (Wildman–Crippen MR) is 98.0 cm³/mol. The summed E-state index contributed by atoms with van der Waals surface area (Å²) in [7, 11) is 1.63. The molecule has 0 amide bonds. The fourth-order valence-corrected chi connectivity index (χ4v) is 4.45. The van der Waals surface area contributed by atoms with Crippen molar-refractivity contribution in [2.45, 2.75) is 56.7 Å².